The molecule has 0 aliphatic heterocycles. The Bertz CT molecular complexity index is 598. The summed E-state index contributed by atoms with van der Waals surface area (Å²) in [5.74, 6) is 9.15. The van der Waals surface area contributed by atoms with E-state index in [0.29, 0.717) is 28.5 Å². The Hall–Kier alpha value is -1.57. The number of nitrogen functional groups attached to an aromatic ring is 1. The molecular weight excluding hydrogens is 288 g/mol. The first kappa shape index (κ1) is 15.8. The number of nitrogens with zero attached hydrogens (tertiary/aromatic N) is 5. The van der Waals surface area contributed by atoms with Crippen LogP contribution in [0.3, 0.4) is 0 Å². The van der Waals surface area contributed by atoms with Gasteiger partial charge in [0.15, 0.2) is 11.6 Å². The molecule has 8 heteroatoms. The van der Waals surface area contributed by atoms with Crippen molar-refractivity contribution < 1.29 is 4.52 Å². The van der Waals surface area contributed by atoms with Crippen LogP contribution in [0.5, 0.6) is 0 Å². The van der Waals surface area contributed by atoms with Crippen molar-refractivity contribution in [3.63, 3.8) is 0 Å². The molecule has 0 saturated carbocycles. The number of hydrogen-bond acceptors (Lipinski definition) is 7. The predicted octanol–water partition coefficient (Wildman–Crippen LogP) is 2.16. The van der Waals surface area contributed by atoms with Crippen molar-refractivity contribution in [3.05, 3.63) is 17.5 Å². The molecule has 0 atom stereocenters. The monoisotopic (exact) mass is 310 g/mol. The highest BCUT2D eigenvalue weighted by Gasteiger charge is 2.23. The minimum absolute atomic E-state index is 0.142. The van der Waals surface area contributed by atoms with Gasteiger partial charge in [-0.15, -0.1) is 10.2 Å². The Morgan fingerprint density at radius 3 is 2.57 bits per heavy atom. The van der Waals surface area contributed by atoms with E-state index in [1.165, 1.54) is 16.4 Å². The first-order valence-corrected chi connectivity index (χ1v) is 7.91. The highest BCUT2D eigenvalue weighted by molar-refractivity contribution is 7.98. The van der Waals surface area contributed by atoms with Crippen molar-refractivity contribution in [1.29, 1.82) is 0 Å². The van der Waals surface area contributed by atoms with Gasteiger partial charge in [-0.2, -0.15) is 4.98 Å². The molecule has 0 bridgehead atoms. The quantitative estimate of drug-likeness (QED) is 0.667. The molecule has 2 N–H and O–H groups in total. The summed E-state index contributed by atoms with van der Waals surface area (Å²) in [5.41, 5.74) is -0.142. The number of hydrogen-bond donors (Lipinski definition) is 1. The van der Waals surface area contributed by atoms with Gasteiger partial charge in [0.05, 0.1) is 5.75 Å². The van der Waals surface area contributed by atoms with Gasteiger partial charge in [-0.1, -0.05) is 51.5 Å². The Balaban J connectivity index is 2.00. The van der Waals surface area contributed by atoms with E-state index >= 15 is 0 Å². The molecule has 0 aliphatic rings. The van der Waals surface area contributed by atoms with Crippen LogP contribution in [-0.4, -0.2) is 25.0 Å². The molecule has 116 valence electrons. The average Bonchev–Trinajstić information content (AvgIpc) is 2.92. The normalized spacial score (nSPS) is 12.3. The summed E-state index contributed by atoms with van der Waals surface area (Å²) < 4.78 is 6.73. The highest BCUT2D eigenvalue weighted by atomic mass is 32.2. The highest BCUT2D eigenvalue weighted by Crippen LogP contribution is 2.24. The maximum atomic E-state index is 6.03. The smallest absolute Gasteiger partial charge is 0.226 e. The van der Waals surface area contributed by atoms with E-state index in [1.54, 1.807) is 0 Å². The van der Waals surface area contributed by atoms with Crippen LogP contribution in [0.4, 0.5) is 0 Å². The standard InChI is InChI=1S/C13H22N6OS/c1-8(2)6-10-15-9(18-20-10)7-21-12-17-16-11(19(12)14)13(3,4)5/h8H,6-7,14H2,1-5H3. The molecule has 0 spiro atoms. The zero-order valence-corrected chi connectivity index (χ0v) is 13.9. The summed E-state index contributed by atoms with van der Waals surface area (Å²) in [6, 6.07) is 0. The molecule has 2 rings (SSSR count). The maximum Gasteiger partial charge on any atom is 0.226 e. The van der Waals surface area contributed by atoms with Crippen LogP contribution in [0.2, 0.25) is 0 Å². The van der Waals surface area contributed by atoms with Crippen LogP contribution >= 0.6 is 11.8 Å². The number of aromatic nitrogens is 5. The van der Waals surface area contributed by atoms with Gasteiger partial charge in [-0.25, -0.2) is 4.68 Å². The molecule has 0 unspecified atom stereocenters. The predicted molar refractivity (Wildman–Crippen MR) is 81.3 cm³/mol. The molecule has 2 heterocycles. The molecule has 0 fully saturated rings. The Morgan fingerprint density at radius 2 is 2.00 bits per heavy atom. The summed E-state index contributed by atoms with van der Waals surface area (Å²) in [6.45, 7) is 10.4. The fourth-order valence-corrected chi connectivity index (χ4v) is 2.50. The van der Waals surface area contributed by atoms with Gasteiger partial charge in [0, 0.05) is 11.8 Å². The van der Waals surface area contributed by atoms with Crippen molar-refractivity contribution in [2.24, 2.45) is 5.92 Å². The molecular formula is C13H22N6OS. The first-order chi connectivity index (χ1) is 9.77. The lowest BCUT2D eigenvalue weighted by molar-refractivity contribution is 0.360. The minimum atomic E-state index is -0.142. The van der Waals surface area contributed by atoms with Crippen LogP contribution in [0.25, 0.3) is 0 Å². The van der Waals surface area contributed by atoms with Crippen molar-refractivity contribution in [1.82, 2.24) is 25.0 Å². The maximum absolute atomic E-state index is 6.03. The third kappa shape index (κ3) is 3.96. The van der Waals surface area contributed by atoms with E-state index in [9.17, 15) is 0 Å². The molecule has 2 aromatic rings. The fraction of sp³-hybridized carbons (Fsp3) is 0.692. The van der Waals surface area contributed by atoms with E-state index in [0.717, 1.165) is 12.2 Å². The van der Waals surface area contributed by atoms with E-state index in [1.807, 2.05) is 20.8 Å². The van der Waals surface area contributed by atoms with E-state index < -0.39 is 0 Å². The third-order valence-electron chi connectivity index (χ3n) is 2.76. The lowest BCUT2D eigenvalue weighted by Crippen LogP contribution is -2.24. The van der Waals surface area contributed by atoms with Gasteiger partial charge in [-0.05, 0) is 5.92 Å². The van der Waals surface area contributed by atoms with Gasteiger partial charge in [0.2, 0.25) is 11.0 Å². The summed E-state index contributed by atoms with van der Waals surface area (Å²) in [7, 11) is 0. The summed E-state index contributed by atoms with van der Waals surface area (Å²) in [6.07, 6.45) is 0.791. The van der Waals surface area contributed by atoms with Crippen LogP contribution in [-0.2, 0) is 17.6 Å². The lowest BCUT2D eigenvalue weighted by atomic mass is 9.96. The second-order valence-electron chi connectivity index (χ2n) is 6.42. The van der Waals surface area contributed by atoms with Crippen LogP contribution in [0.1, 0.15) is 52.2 Å². The largest absolute Gasteiger partial charge is 0.339 e. The molecule has 0 aromatic carbocycles. The molecule has 0 amide bonds. The second-order valence-corrected chi connectivity index (χ2v) is 7.36. The van der Waals surface area contributed by atoms with Gasteiger partial charge in [0.1, 0.15) is 0 Å². The lowest BCUT2D eigenvalue weighted by Gasteiger charge is -2.16. The van der Waals surface area contributed by atoms with Crippen molar-refractivity contribution >= 4 is 11.8 Å². The summed E-state index contributed by atoms with van der Waals surface area (Å²) >= 11 is 1.45. The van der Waals surface area contributed by atoms with E-state index in [4.69, 9.17) is 10.4 Å². The first-order valence-electron chi connectivity index (χ1n) is 6.92. The SMILES string of the molecule is CC(C)Cc1nc(CSc2nnc(C(C)(C)C)n2N)no1. The third-order valence-corrected chi connectivity index (χ3v) is 3.70. The van der Waals surface area contributed by atoms with Crippen molar-refractivity contribution in [2.45, 2.75) is 57.4 Å². The zero-order valence-electron chi connectivity index (χ0n) is 13.1. The topological polar surface area (TPSA) is 95.7 Å². The summed E-state index contributed by atoms with van der Waals surface area (Å²) in [5, 5.41) is 12.9. The molecule has 2 aromatic heterocycles. The van der Waals surface area contributed by atoms with Gasteiger partial charge in [-0.3, -0.25) is 0 Å². The van der Waals surface area contributed by atoms with Crippen molar-refractivity contribution in [3.8, 4) is 0 Å². The van der Waals surface area contributed by atoms with Crippen LogP contribution in [0.15, 0.2) is 9.68 Å². The average molecular weight is 310 g/mol. The molecule has 0 aliphatic carbocycles. The molecule has 21 heavy (non-hydrogen) atoms. The molecule has 0 saturated heterocycles. The van der Waals surface area contributed by atoms with Crippen LogP contribution < -0.4 is 5.84 Å². The Morgan fingerprint density at radius 1 is 1.29 bits per heavy atom. The number of thioether (sulfide) groups is 1. The molecule has 0 radical (unpaired) electrons. The van der Waals surface area contributed by atoms with Gasteiger partial charge in [0.25, 0.3) is 0 Å². The van der Waals surface area contributed by atoms with E-state index in [2.05, 4.69) is 34.2 Å². The Kier molecular flexibility index (Phi) is 4.55. The minimum Gasteiger partial charge on any atom is -0.339 e. The van der Waals surface area contributed by atoms with Crippen molar-refractivity contribution in [2.75, 3.05) is 5.84 Å². The Labute approximate surface area is 128 Å². The van der Waals surface area contributed by atoms with E-state index in [-0.39, 0.29) is 5.41 Å². The second kappa shape index (κ2) is 6.05. The summed E-state index contributed by atoms with van der Waals surface area (Å²) in [4.78, 5) is 4.35. The van der Waals surface area contributed by atoms with Gasteiger partial charge >= 0.3 is 0 Å². The fourth-order valence-electron chi connectivity index (χ4n) is 1.80. The molecule has 7 nitrogen and oxygen atoms in total. The zero-order chi connectivity index (χ0) is 15.6. The van der Waals surface area contributed by atoms with Crippen LogP contribution in [0, 0.1) is 5.92 Å². The number of nitrogens with two attached hydrogens (primary N) is 1. The van der Waals surface area contributed by atoms with Gasteiger partial charge < -0.3 is 10.4 Å². The number of rotatable bonds is 5.